The number of rotatable bonds is 0. The molecule has 1 saturated heterocycles. The lowest BCUT2D eigenvalue weighted by atomic mass is 10.1. The van der Waals surface area contributed by atoms with Crippen LogP contribution in [-0.4, -0.2) is 40.5 Å². The van der Waals surface area contributed by atoms with Crippen LogP contribution in [0.2, 0.25) is 0 Å². The maximum atomic E-state index is 12.1. The summed E-state index contributed by atoms with van der Waals surface area (Å²) in [7, 11) is 0.210. The molecule has 2 unspecified atom stereocenters. The summed E-state index contributed by atoms with van der Waals surface area (Å²) < 4.78 is 47.3. The molecular weight excluding hydrogens is 191 g/mol. The summed E-state index contributed by atoms with van der Waals surface area (Å²) in [6.45, 7) is -0.0325. The fraction of sp³-hybridized carbons (Fsp3) is 1.00. The van der Waals surface area contributed by atoms with Crippen LogP contribution in [0.15, 0.2) is 0 Å². The van der Waals surface area contributed by atoms with Gasteiger partial charge in [0.25, 0.3) is 0 Å². The molecule has 12 heavy (non-hydrogen) atoms. The van der Waals surface area contributed by atoms with Crippen molar-refractivity contribution in [1.29, 1.82) is 0 Å². The average molecular weight is 201 g/mol. The normalized spacial score (nSPS) is 33.7. The molecule has 2 atom stereocenters. The molecule has 2 nitrogen and oxygen atoms in total. The standard InChI is InChI=1S/C6H10F3NOS/c1-10-2-5(6(7,8)9)3-12(11)4-10/h5H,2-4H2,1H3. The Morgan fingerprint density at radius 1 is 1.50 bits per heavy atom. The SMILES string of the molecule is CN1CC(C(F)(F)F)CS(=O)C1. The predicted molar refractivity (Wildman–Crippen MR) is 40.1 cm³/mol. The average Bonchev–Trinajstić information content (AvgIpc) is 1.82. The number of nitrogens with zero attached hydrogens (tertiary/aromatic N) is 1. The number of alkyl halides is 3. The van der Waals surface area contributed by atoms with E-state index in [2.05, 4.69) is 0 Å². The molecule has 0 aromatic carbocycles. The smallest absolute Gasteiger partial charge is 0.294 e. The van der Waals surface area contributed by atoms with Gasteiger partial charge in [-0.25, -0.2) is 0 Å². The monoisotopic (exact) mass is 201 g/mol. The fourth-order valence-electron chi connectivity index (χ4n) is 1.20. The van der Waals surface area contributed by atoms with Crippen molar-refractivity contribution in [2.24, 2.45) is 5.92 Å². The Kier molecular flexibility index (Phi) is 2.77. The molecule has 1 rings (SSSR count). The summed E-state index contributed by atoms with van der Waals surface area (Å²) in [5, 5.41) is 0. The minimum Gasteiger partial charge on any atom is -0.294 e. The molecule has 6 heteroatoms. The minimum absolute atomic E-state index is 0.0325. The zero-order chi connectivity index (χ0) is 9.35. The van der Waals surface area contributed by atoms with Gasteiger partial charge in [0.05, 0.1) is 11.8 Å². The minimum atomic E-state index is -4.20. The Morgan fingerprint density at radius 3 is 2.50 bits per heavy atom. The van der Waals surface area contributed by atoms with Crippen LogP contribution in [0.1, 0.15) is 0 Å². The van der Waals surface area contributed by atoms with Crippen LogP contribution < -0.4 is 0 Å². The molecule has 0 aliphatic carbocycles. The first-order valence-corrected chi connectivity index (χ1v) is 4.98. The van der Waals surface area contributed by atoms with E-state index in [4.69, 9.17) is 0 Å². The maximum absolute atomic E-state index is 12.1. The first-order valence-electron chi connectivity index (χ1n) is 3.50. The molecule has 0 spiro atoms. The highest BCUT2D eigenvalue weighted by Crippen LogP contribution is 2.29. The highest BCUT2D eigenvalue weighted by Gasteiger charge is 2.43. The van der Waals surface area contributed by atoms with Gasteiger partial charge in [0.2, 0.25) is 0 Å². The van der Waals surface area contributed by atoms with Gasteiger partial charge < -0.3 is 0 Å². The van der Waals surface area contributed by atoms with Gasteiger partial charge in [-0.1, -0.05) is 0 Å². The summed E-state index contributed by atoms with van der Waals surface area (Å²) in [4.78, 5) is 1.46. The highest BCUT2D eigenvalue weighted by molar-refractivity contribution is 7.84. The van der Waals surface area contributed by atoms with Crippen molar-refractivity contribution >= 4 is 10.8 Å². The van der Waals surface area contributed by atoms with Crippen LogP contribution in [0.3, 0.4) is 0 Å². The van der Waals surface area contributed by atoms with E-state index < -0.39 is 22.9 Å². The van der Waals surface area contributed by atoms with Crippen LogP contribution in [0.4, 0.5) is 13.2 Å². The van der Waals surface area contributed by atoms with Crippen LogP contribution in [0.5, 0.6) is 0 Å². The van der Waals surface area contributed by atoms with Crippen molar-refractivity contribution in [3.05, 3.63) is 0 Å². The van der Waals surface area contributed by atoms with Crippen LogP contribution in [0, 0.1) is 5.92 Å². The molecule has 1 fully saturated rings. The van der Waals surface area contributed by atoms with Crippen molar-refractivity contribution in [2.75, 3.05) is 25.2 Å². The van der Waals surface area contributed by atoms with Gasteiger partial charge >= 0.3 is 6.18 Å². The molecule has 0 radical (unpaired) electrons. The summed E-state index contributed by atoms with van der Waals surface area (Å²) in [5.74, 6) is -1.41. The van der Waals surface area contributed by atoms with Gasteiger partial charge in [-0.2, -0.15) is 13.2 Å². The van der Waals surface area contributed by atoms with Crippen LogP contribution in [0.25, 0.3) is 0 Å². The first kappa shape index (κ1) is 9.98. The summed E-state index contributed by atoms with van der Waals surface area (Å²) in [6.07, 6.45) is -4.20. The molecule has 0 saturated carbocycles. The summed E-state index contributed by atoms with van der Waals surface area (Å²) in [5.41, 5.74) is 0. The molecule has 1 aliphatic rings. The molecule has 1 heterocycles. The quantitative estimate of drug-likeness (QED) is 0.578. The van der Waals surface area contributed by atoms with E-state index in [9.17, 15) is 17.4 Å². The molecule has 1 aliphatic heterocycles. The molecular formula is C6H10F3NOS. The Morgan fingerprint density at radius 2 is 2.08 bits per heavy atom. The van der Waals surface area contributed by atoms with Gasteiger partial charge in [0.1, 0.15) is 0 Å². The predicted octanol–water partition coefficient (Wildman–Crippen LogP) is 0.817. The van der Waals surface area contributed by atoms with E-state index in [1.807, 2.05) is 0 Å². The lowest BCUT2D eigenvalue weighted by molar-refractivity contribution is -0.172. The maximum Gasteiger partial charge on any atom is 0.393 e. The lowest BCUT2D eigenvalue weighted by Gasteiger charge is -2.30. The zero-order valence-electron chi connectivity index (χ0n) is 6.60. The van der Waals surface area contributed by atoms with E-state index >= 15 is 0 Å². The first-order chi connectivity index (χ1) is 5.39. The largest absolute Gasteiger partial charge is 0.393 e. The Hall–Kier alpha value is -0.100. The van der Waals surface area contributed by atoms with E-state index in [1.54, 1.807) is 7.05 Å². The summed E-state index contributed by atoms with van der Waals surface area (Å²) in [6, 6.07) is 0. The third-order valence-electron chi connectivity index (χ3n) is 1.75. The van der Waals surface area contributed by atoms with Crippen molar-refractivity contribution in [2.45, 2.75) is 6.18 Å². The van der Waals surface area contributed by atoms with Gasteiger partial charge in [-0.3, -0.25) is 9.11 Å². The van der Waals surface area contributed by atoms with E-state index in [0.717, 1.165) is 0 Å². The molecule has 72 valence electrons. The third-order valence-corrected chi connectivity index (χ3v) is 3.25. The Balaban J connectivity index is 2.62. The summed E-state index contributed by atoms with van der Waals surface area (Å²) >= 11 is 0. The fourth-order valence-corrected chi connectivity index (χ4v) is 2.65. The second-order valence-electron chi connectivity index (χ2n) is 3.01. The molecule has 0 amide bonds. The Bertz CT molecular complexity index is 194. The molecule has 0 bridgehead atoms. The number of hydrogen-bond donors (Lipinski definition) is 0. The number of hydrogen-bond acceptors (Lipinski definition) is 2. The molecule has 0 N–H and O–H groups in total. The van der Waals surface area contributed by atoms with Gasteiger partial charge in [0, 0.05) is 23.1 Å². The van der Waals surface area contributed by atoms with Crippen molar-refractivity contribution in [3.63, 3.8) is 0 Å². The molecule has 0 aromatic rings. The van der Waals surface area contributed by atoms with Gasteiger partial charge in [-0.15, -0.1) is 0 Å². The number of halogens is 3. The van der Waals surface area contributed by atoms with Crippen molar-refractivity contribution in [3.8, 4) is 0 Å². The topological polar surface area (TPSA) is 20.3 Å². The van der Waals surface area contributed by atoms with E-state index in [0.29, 0.717) is 0 Å². The van der Waals surface area contributed by atoms with Crippen LogP contribution >= 0.6 is 0 Å². The lowest BCUT2D eigenvalue weighted by Crippen LogP contribution is -2.44. The third kappa shape index (κ3) is 2.45. The molecule has 0 aromatic heterocycles. The van der Waals surface area contributed by atoms with E-state index in [-0.39, 0.29) is 18.2 Å². The van der Waals surface area contributed by atoms with E-state index in [1.165, 1.54) is 4.90 Å². The van der Waals surface area contributed by atoms with Crippen molar-refractivity contribution < 1.29 is 17.4 Å². The van der Waals surface area contributed by atoms with Crippen molar-refractivity contribution in [1.82, 2.24) is 4.90 Å². The second-order valence-corrected chi connectivity index (χ2v) is 4.48. The highest BCUT2D eigenvalue weighted by atomic mass is 32.2. The van der Waals surface area contributed by atoms with Crippen LogP contribution in [-0.2, 0) is 10.8 Å². The Labute approximate surface area is 71.2 Å². The van der Waals surface area contributed by atoms with Gasteiger partial charge in [-0.05, 0) is 7.05 Å². The second kappa shape index (κ2) is 3.33. The zero-order valence-corrected chi connectivity index (χ0v) is 7.41. The van der Waals surface area contributed by atoms with Gasteiger partial charge in [0.15, 0.2) is 0 Å².